The lowest BCUT2D eigenvalue weighted by atomic mass is 9.85. The molecular formula is C23H22ClFN4O4. The number of likely N-dealkylation sites (N-methyl/N-ethyl adjacent to an activating group) is 1. The number of para-hydroxylation sites is 1. The molecular weight excluding hydrogens is 451 g/mol. The standard InChI is InChI=1S/C23H22ClFN4O4/c1-27-21(32)23(29(22(27)33)16-5-3-2-4-6-16)9-11-28(12-10-23)19(30)14-26-20(31)17-13-15(24)7-8-18(17)25/h2-8,13H,9-12,14H2,1H3,(H,26,31). The minimum absolute atomic E-state index is 0.206. The summed E-state index contributed by atoms with van der Waals surface area (Å²) in [5, 5.41) is 2.62. The minimum Gasteiger partial charge on any atom is -0.343 e. The first-order chi connectivity index (χ1) is 15.7. The van der Waals surface area contributed by atoms with Gasteiger partial charge in [0.1, 0.15) is 11.4 Å². The Hall–Kier alpha value is -3.46. The number of amides is 5. The van der Waals surface area contributed by atoms with Crippen molar-refractivity contribution in [2.75, 3.05) is 31.6 Å². The van der Waals surface area contributed by atoms with Gasteiger partial charge in [0.2, 0.25) is 5.91 Å². The van der Waals surface area contributed by atoms with E-state index in [0.29, 0.717) is 5.69 Å². The summed E-state index contributed by atoms with van der Waals surface area (Å²) in [5.74, 6) is -2.14. The van der Waals surface area contributed by atoms with E-state index in [9.17, 15) is 23.6 Å². The summed E-state index contributed by atoms with van der Waals surface area (Å²) in [7, 11) is 1.46. The van der Waals surface area contributed by atoms with E-state index in [-0.39, 0.29) is 54.9 Å². The van der Waals surface area contributed by atoms with Gasteiger partial charge >= 0.3 is 6.03 Å². The third-order valence-electron chi connectivity index (χ3n) is 6.14. The van der Waals surface area contributed by atoms with Crippen LogP contribution in [-0.2, 0) is 9.59 Å². The van der Waals surface area contributed by atoms with Crippen LogP contribution in [0.5, 0.6) is 0 Å². The summed E-state index contributed by atoms with van der Waals surface area (Å²) in [6.07, 6.45) is 0.527. The highest BCUT2D eigenvalue weighted by atomic mass is 35.5. The number of rotatable bonds is 4. The maximum Gasteiger partial charge on any atom is 0.331 e. The fourth-order valence-corrected chi connectivity index (χ4v) is 4.53. The van der Waals surface area contributed by atoms with Crippen LogP contribution in [0.15, 0.2) is 48.5 Å². The Bertz CT molecular complexity index is 1120. The summed E-state index contributed by atoms with van der Waals surface area (Å²) in [6.45, 7) is 0.139. The third-order valence-corrected chi connectivity index (χ3v) is 6.37. The number of hydrogen-bond acceptors (Lipinski definition) is 4. The Morgan fingerprint density at radius 1 is 1.09 bits per heavy atom. The molecule has 33 heavy (non-hydrogen) atoms. The van der Waals surface area contributed by atoms with Gasteiger partial charge in [-0.2, -0.15) is 0 Å². The molecule has 0 aromatic heterocycles. The second-order valence-corrected chi connectivity index (χ2v) is 8.47. The number of urea groups is 1. The first-order valence-corrected chi connectivity index (χ1v) is 10.8. The highest BCUT2D eigenvalue weighted by Gasteiger charge is 2.57. The van der Waals surface area contributed by atoms with Crippen molar-refractivity contribution >= 4 is 41.0 Å². The molecule has 2 aliphatic heterocycles. The molecule has 0 unspecified atom stereocenters. The monoisotopic (exact) mass is 472 g/mol. The molecule has 0 saturated carbocycles. The van der Waals surface area contributed by atoms with Gasteiger partial charge in [0, 0.05) is 30.8 Å². The quantitative estimate of drug-likeness (QED) is 0.693. The van der Waals surface area contributed by atoms with Gasteiger partial charge in [-0.15, -0.1) is 0 Å². The molecule has 2 heterocycles. The molecule has 5 amide bonds. The van der Waals surface area contributed by atoms with Gasteiger partial charge in [0.15, 0.2) is 0 Å². The largest absolute Gasteiger partial charge is 0.343 e. The number of anilines is 1. The van der Waals surface area contributed by atoms with Crippen molar-refractivity contribution in [2.24, 2.45) is 0 Å². The van der Waals surface area contributed by atoms with Crippen LogP contribution in [0.3, 0.4) is 0 Å². The van der Waals surface area contributed by atoms with Crippen LogP contribution in [0.1, 0.15) is 23.2 Å². The molecule has 4 rings (SSSR count). The first-order valence-electron chi connectivity index (χ1n) is 10.4. The van der Waals surface area contributed by atoms with Crippen molar-refractivity contribution in [3.05, 3.63) is 64.9 Å². The maximum absolute atomic E-state index is 13.9. The Morgan fingerprint density at radius 3 is 2.42 bits per heavy atom. The SMILES string of the molecule is CN1C(=O)N(c2ccccc2)C2(CCN(C(=O)CNC(=O)c3cc(Cl)ccc3F)CC2)C1=O. The van der Waals surface area contributed by atoms with E-state index < -0.39 is 23.3 Å². The van der Waals surface area contributed by atoms with Crippen molar-refractivity contribution in [3.63, 3.8) is 0 Å². The zero-order chi connectivity index (χ0) is 23.8. The molecule has 172 valence electrons. The highest BCUT2D eigenvalue weighted by Crippen LogP contribution is 2.40. The maximum atomic E-state index is 13.9. The molecule has 0 bridgehead atoms. The van der Waals surface area contributed by atoms with Crippen molar-refractivity contribution < 1.29 is 23.6 Å². The normalized spacial score (nSPS) is 17.6. The number of nitrogens with one attached hydrogen (secondary N) is 1. The van der Waals surface area contributed by atoms with E-state index in [1.54, 1.807) is 24.3 Å². The molecule has 1 N–H and O–H groups in total. The molecule has 0 atom stereocenters. The van der Waals surface area contributed by atoms with Gasteiger partial charge in [-0.05, 0) is 43.2 Å². The Kier molecular flexibility index (Phi) is 6.07. The molecule has 2 saturated heterocycles. The Morgan fingerprint density at radius 2 is 1.76 bits per heavy atom. The van der Waals surface area contributed by atoms with Gasteiger partial charge in [-0.25, -0.2) is 9.18 Å². The topological polar surface area (TPSA) is 90.0 Å². The van der Waals surface area contributed by atoms with E-state index >= 15 is 0 Å². The van der Waals surface area contributed by atoms with Crippen LogP contribution in [0.25, 0.3) is 0 Å². The van der Waals surface area contributed by atoms with Crippen molar-refractivity contribution in [1.82, 2.24) is 15.1 Å². The number of carbonyl (C=O) groups is 4. The van der Waals surface area contributed by atoms with Crippen molar-refractivity contribution in [1.29, 1.82) is 0 Å². The number of benzene rings is 2. The lowest BCUT2D eigenvalue weighted by Gasteiger charge is -2.42. The van der Waals surface area contributed by atoms with Gasteiger partial charge in [0.25, 0.3) is 11.8 Å². The van der Waals surface area contributed by atoms with Gasteiger partial charge < -0.3 is 10.2 Å². The summed E-state index contributed by atoms with van der Waals surface area (Å²) in [4.78, 5) is 54.9. The zero-order valence-electron chi connectivity index (χ0n) is 17.9. The molecule has 1 spiro atoms. The summed E-state index contributed by atoms with van der Waals surface area (Å²) in [5.41, 5.74) is -0.683. The second-order valence-electron chi connectivity index (χ2n) is 8.04. The van der Waals surface area contributed by atoms with E-state index in [1.165, 1.54) is 29.0 Å². The third kappa shape index (κ3) is 4.04. The number of nitrogens with zero attached hydrogens (tertiary/aromatic N) is 3. The predicted octanol–water partition coefficient (Wildman–Crippen LogP) is 2.67. The molecule has 10 heteroatoms. The molecule has 0 aliphatic carbocycles. The number of hydrogen-bond donors (Lipinski definition) is 1. The predicted molar refractivity (Wildman–Crippen MR) is 119 cm³/mol. The molecule has 2 fully saturated rings. The lowest BCUT2D eigenvalue weighted by Crippen LogP contribution is -2.58. The molecule has 2 aliphatic rings. The molecule has 2 aromatic carbocycles. The summed E-state index contributed by atoms with van der Waals surface area (Å²) >= 11 is 5.81. The van der Waals surface area contributed by atoms with Crippen molar-refractivity contribution in [3.8, 4) is 0 Å². The second kappa shape index (κ2) is 8.82. The van der Waals surface area contributed by atoms with E-state index in [4.69, 9.17) is 11.6 Å². The summed E-state index contributed by atoms with van der Waals surface area (Å²) in [6, 6.07) is 12.2. The highest BCUT2D eigenvalue weighted by molar-refractivity contribution is 6.31. The van der Waals surface area contributed by atoms with Crippen LogP contribution >= 0.6 is 11.6 Å². The Balaban J connectivity index is 1.42. The fraction of sp³-hybridized carbons (Fsp3) is 0.304. The minimum atomic E-state index is -1.06. The van der Waals surface area contributed by atoms with Gasteiger partial charge in [0.05, 0.1) is 12.1 Å². The first kappa shape index (κ1) is 22.7. The van der Waals surface area contributed by atoms with Gasteiger partial charge in [-0.1, -0.05) is 29.8 Å². The lowest BCUT2D eigenvalue weighted by molar-refractivity contribution is -0.136. The Labute approximate surface area is 194 Å². The van der Waals surface area contributed by atoms with Gasteiger partial charge in [-0.3, -0.25) is 24.2 Å². The number of halogens is 2. The molecule has 0 radical (unpaired) electrons. The number of imide groups is 1. The molecule has 8 nitrogen and oxygen atoms in total. The average molecular weight is 473 g/mol. The number of piperidine rings is 1. The van der Waals surface area contributed by atoms with Crippen LogP contribution < -0.4 is 10.2 Å². The van der Waals surface area contributed by atoms with E-state index in [2.05, 4.69) is 5.32 Å². The van der Waals surface area contributed by atoms with Crippen LogP contribution in [-0.4, -0.2) is 65.8 Å². The van der Waals surface area contributed by atoms with Crippen molar-refractivity contribution in [2.45, 2.75) is 18.4 Å². The number of likely N-dealkylation sites (tertiary alicyclic amines) is 1. The summed E-state index contributed by atoms with van der Waals surface area (Å²) < 4.78 is 13.9. The smallest absolute Gasteiger partial charge is 0.331 e. The van der Waals surface area contributed by atoms with Crippen LogP contribution in [0, 0.1) is 5.82 Å². The molecule has 2 aromatic rings. The zero-order valence-corrected chi connectivity index (χ0v) is 18.6. The fourth-order valence-electron chi connectivity index (χ4n) is 4.36. The van der Waals surface area contributed by atoms with E-state index in [0.717, 1.165) is 11.0 Å². The van der Waals surface area contributed by atoms with E-state index in [1.807, 2.05) is 6.07 Å². The van der Waals surface area contributed by atoms with Crippen LogP contribution in [0.2, 0.25) is 5.02 Å². The number of carbonyl (C=O) groups excluding carboxylic acids is 4. The van der Waals surface area contributed by atoms with Crippen LogP contribution in [0.4, 0.5) is 14.9 Å². The average Bonchev–Trinajstić information content (AvgIpc) is 3.00.